The van der Waals surface area contributed by atoms with Crippen LogP contribution in [0.2, 0.25) is 0 Å². The van der Waals surface area contributed by atoms with Crippen LogP contribution in [0.5, 0.6) is 0 Å². The van der Waals surface area contributed by atoms with Gasteiger partial charge >= 0.3 is 5.97 Å². The standard InChI is InChI=1S/C9H19NO3/c1-3-5-10-8(9(11)12)7-13-6-4-2/h8,10H,3-7H2,1-2H3,(H,11,12). The summed E-state index contributed by atoms with van der Waals surface area (Å²) in [5, 5.41) is 11.7. The lowest BCUT2D eigenvalue weighted by Gasteiger charge is -2.13. The van der Waals surface area contributed by atoms with Crippen molar-refractivity contribution in [2.45, 2.75) is 32.7 Å². The number of aliphatic carboxylic acids is 1. The highest BCUT2D eigenvalue weighted by atomic mass is 16.5. The van der Waals surface area contributed by atoms with E-state index in [9.17, 15) is 4.79 Å². The molecule has 0 aliphatic rings. The minimum Gasteiger partial charge on any atom is -0.480 e. The molecule has 0 fully saturated rings. The lowest BCUT2D eigenvalue weighted by Crippen LogP contribution is -2.40. The zero-order valence-corrected chi connectivity index (χ0v) is 8.38. The van der Waals surface area contributed by atoms with Crippen molar-refractivity contribution in [1.82, 2.24) is 5.32 Å². The summed E-state index contributed by atoms with van der Waals surface area (Å²) in [6.07, 6.45) is 1.84. The van der Waals surface area contributed by atoms with Gasteiger partial charge in [-0.1, -0.05) is 13.8 Å². The van der Waals surface area contributed by atoms with Crippen molar-refractivity contribution < 1.29 is 14.6 Å². The molecule has 0 aromatic carbocycles. The third-order valence-corrected chi connectivity index (χ3v) is 1.57. The molecule has 0 aliphatic carbocycles. The molecule has 0 amide bonds. The molecule has 0 aromatic heterocycles. The first-order valence-corrected chi connectivity index (χ1v) is 4.76. The van der Waals surface area contributed by atoms with Crippen molar-refractivity contribution in [3.8, 4) is 0 Å². The zero-order chi connectivity index (χ0) is 10.1. The highest BCUT2D eigenvalue weighted by Crippen LogP contribution is 1.89. The van der Waals surface area contributed by atoms with Crippen LogP contribution in [0.3, 0.4) is 0 Å². The molecule has 13 heavy (non-hydrogen) atoms. The molecular formula is C9H19NO3. The normalized spacial score (nSPS) is 12.8. The fourth-order valence-corrected chi connectivity index (χ4v) is 0.882. The maximum absolute atomic E-state index is 10.7. The van der Waals surface area contributed by atoms with E-state index in [1.807, 2.05) is 13.8 Å². The Kier molecular flexibility index (Phi) is 7.63. The van der Waals surface area contributed by atoms with Gasteiger partial charge in [0.05, 0.1) is 6.61 Å². The number of rotatable bonds is 8. The molecule has 0 saturated heterocycles. The van der Waals surface area contributed by atoms with E-state index in [4.69, 9.17) is 9.84 Å². The topological polar surface area (TPSA) is 58.6 Å². The van der Waals surface area contributed by atoms with Crippen molar-refractivity contribution in [3.63, 3.8) is 0 Å². The van der Waals surface area contributed by atoms with E-state index in [0.29, 0.717) is 13.2 Å². The number of hydrogen-bond donors (Lipinski definition) is 2. The Hall–Kier alpha value is -0.610. The number of nitrogens with one attached hydrogen (secondary N) is 1. The fourth-order valence-electron chi connectivity index (χ4n) is 0.882. The Bertz CT molecular complexity index is 139. The summed E-state index contributed by atoms with van der Waals surface area (Å²) in [7, 11) is 0. The first kappa shape index (κ1) is 12.4. The molecule has 0 spiro atoms. The van der Waals surface area contributed by atoms with E-state index in [-0.39, 0.29) is 6.61 Å². The molecular weight excluding hydrogens is 170 g/mol. The van der Waals surface area contributed by atoms with Crippen molar-refractivity contribution in [2.75, 3.05) is 19.8 Å². The van der Waals surface area contributed by atoms with E-state index in [0.717, 1.165) is 12.8 Å². The second-order valence-corrected chi connectivity index (χ2v) is 2.92. The average molecular weight is 189 g/mol. The van der Waals surface area contributed by atoms with Gasteiger partial charge in [-0.15, -0.1) is 0 Å². The minimum absolute atomic E-state index is 0.253. The second-order valence-electron chi connectivity index (χ2n) is 2.92. The highest BCUT2D eigenvalue weighted by Gasteiger charge is 2.15. The van der Waals surface area contributed by atoms with Gasteiger partial charge in [-0.25, -0.2) is 0 Å². The quantitative estimate of drug-likeness (QED) is 0.556. The van der Waals surface area contributed by atoms with Gasteiger partial charge in [0.2, 0.25) is 0 Å². The summed E-state index contributed by atoms with van der Waals surface area (Å²) in [4.78, 5) is 10.7. The predicted octanol–water partition coefficient (Wildman–Crippen LogP) is 0.866. The Morgan fingerprint density at radius 2 is 2.15 bits per heavy atom. The molecule has 0 aromatic rings. The Morgan fingerprint density at radius 3 is 2.62 bits per heavy atom. The molecule has 0 saturated carbocycles. The SMILES string of the molecule is CCCNC(COCCC)C(=O)O. The molecule has 1 unspecified atom stereocenters. The predicted molar refractivity (Wildman–Crippen MR) is 50.8 cm³/mol. The molecule has 0 rings (SSSR count). The minimum atomic E-state index is -0.843. The van der Waals surface area contributed by atoms with Gasteiger partial charge in [0, 0.05) is 6.61 Å². The summed E-state index contributed by atoms with van der Waals surface area (Å²) in [6, 6.07) is -0.563. The Balaban J connectivity index is 3.61. The first-order chi connectivity index (χ1) is 6.22. The Labute approximate surface area is 79.3 Å². The van der Waals surface area contributed by atoms with Crippen LogP contribution < -0.4 is 5.32 Å². The third kappa shape index (κ3) is 6.54. The van der Waals surface area contributed by atoms with Crippen LogP contribution in [0.15, 0.2) is 0 Å². The largest absolute Gasteiger partial charge is 0.480 e. The number of hydrogen-bond acceptors (Lipinski definition) is 3. The fraction of sp³-hybridized carbons (Fsp3) is 0.889. The van der Waals surface area contributed by atoms with Gasteiger partial charge in [0.25, 0.3) is 0 Å². The molecule has 0 bridgehead atoms. The van der Waals surface area contributed by atoms with E-state index < -0.39 is 12.0 Å². The molecule has 0 radical (unpaired) electrons. The van der Waals surface area contributed by atoms with Crippen molar-refractivity contribution >= 4 is 5.97 Å². The highest BCUT2D eigenvalue weighted by molar-refractivity contribution is 5.73. The van der Waals surface area contributed by atoms with E-state index in [1.54, 1.807) is 0 Å². The van der Waals surface area contributed by atoms with Crippen LogP contribution in [0.4, 0.5) is 0 Å². The summed E-state index contributed by atoms with van der Waals surface area (Å²) in [5.74, 6) is -0.843. The summed E-state index contributed by atoms with van der Waals surface area (Å²) < 4.78 is 5.16. The van der Waals surface area contributed by atoms with Crippen molar-refractivity contribution in [1.29, 1.82) is 0 Å². The molecule has 1 atom stereocenters. The van der Waals surface area contributed by atoms with Gasteiger partial charge in [0.1, 0.15) is 6.04 Å². The first-order valence-electron chi connectivity index (χ1n) is 4.76. The van der Waals surface area contributed by atoms with Crippen LogP contribution in [0.25, 0.3) is 0 Å². The summed E-state index contributed by atoms with van der Waals surface area (Å²) in [6.45, 7) is 5.58. The number of carbonyl (C=O) groups is 1. The number of carboxylic acids is 1. The van der Waals surface area contributed by atoms with Crippen LogP contribution >= 0.6 is 0 Å². The molecule has 78 valence electrons. The van der Waals surface area contributed by atoms with Crippen molar-refractivity contribution in [3.05, 3.63) is 0 Å². The number of ether oxygens (including phenoxy) is 1. The molecule has 4 heteroatoms. The third-order valence-electron chi connectivity index (χ3n) is 1.57. The summed E-state index contributed by atoms with van der Waals surface area (Å²) >= 11 is 0. The van der Waals surface area contributed by atoms with E-state index in [1.165, 1.54) is 0 Å². The van der Waals surface area contributed by atoms with Crippen LogP contribution in [-0.2, 0) is 9.53 Å². The monoisotopic (exact) mass is 189 g/mol. The van der Waals surface area contributed by atoms with Gasteiger partial charge in [-0.05, 0) is 19.4 Å². The maximum atomic E-state index is 10.7. The Morgan fingerprint density at radius 1 is 1.46 bits per heavy atom. The van der Waals surface area contributed by atoms with Gasteiger partial charge < -0.3 is 15.2 Å². The van der Waals surface area contributed by atoms with Crippen LogP contribution in [0.1, 0.15) is 26.7 Å². The van der Waals surface area contributed by atoms with E-state index >= 15 is 0 Å². The summed E-state index contributed by atoms with van der Waals surface area (Å²) in [5.41, 5.74) is 0. The maximum Gasteiger partial charge on any atom is 0.323 e. The zero-order valence-electron chi connectivity index (χ0n) is 8.38. The van der Waals surface area contributed by atoms with Crippen LogP contribution in [-0.4, -0.2) is 36.9 Å². The lowest BCUT2D eigenvalue weighted by molar-refractivity contribution is -0.141. The van der Waals surface area contributed by atoms with E-state index in [2.05, 4.69) is 5.32 Å². The molecule has 0 heterocycles. The lowest BCUT2D eigenvalue weighted by atomic mass is 10.3. The van der Waals surface area contributed by atoms with Gasteiger partial charge in [-0.3, -0.25) is 4.79 Å². The van der Waals surface area contributed by atoms with Crippen molar-refractivity contribution in [2.24, 2.45) is 0 Å². The van der Waals surface area contributed by atoms with Gasteiger partial charge in [0.15, 0.2) is 0 Å². The van der Waals surface area contributed by atoms with Gasteiger partial charge in [-0.2, -0.15) is 0 Å². The van der Waals surface area contributed by atoms with Crippen LogP contribution in [0, 0.1) is 0 Å². The smallest absolute Gasteiger partial charge is 0.323 e. The molecule has 2 N–H and O–H groups in total. The average Bonchev–Trinajstić information content (AvgIpc) is 2.10. The second kappa shape index (κ2) is 8.01. The molecule has 4 nitrogen and oxygen atoms in total. The molecule has 0 aliphatic heterocycles. The number of carboxylic acid groups (broad SMARTS) is 1.